The number of urea groups is 1. The Morgan fingerprint density at radius 2 is 2.00 bits per heavy atom. The molecule has 0 radical (unpaired) electrons. The van der Waals surface area contributed by atoms with Crippen molar-refractivity contribution in [2.24, 2.45) is 5.92 Å². The number of benzene rings is 2. The molecule has 1 aromatic heterocycles. The number of phenolic OH excluding ortho intramolecular Hbond substituents is 1. The van der Waals surface area contributed by atoms with Gasteiger partial charge < -0.3 is 29.2 Å². The van der Waals surface area contributed by atoms with E-state index in [1.807, 2.05) is 26.8 Å². The maximum absolute atomic E-state index is 13.0. The summed E-state index contributed by atoms with van der Waals surface area (Å²) >= 11 is 0. The van der Waals surface area contributed by atoms with Gasteiger partial charge in [-0.15, -0.1) is 0 Å². The van der Waals surface area contributed by atoms with Gasteiger partial charge in [0.05, 0.1) is 18.7 Å². The molecule has 0 fully saturated rings. The number of ether oxygens (including phenoxy) is 3. The van der Waals surface area contributed by atoms with E-state index in [1.54, 1.807) is 35.2 Å². The Hall–Kier alpha value is -4.21. The number of aromatic hydroxyl groups is 1. The summed E-state index contributed by atoms with van der Waals surface area (Å²) in [5, 5.41) is 17.6. The van der Waals surface area contributed by atoms with Crippen LogP contribution in [0.4, 0.5) is 4.79 Å². The minimum absolute atomic E-state index is 0.0348. The van der Waals surface area contributed by atoms with Crippen LogP contribution in [0.1, 0.15) is 38.3 Å². The van der Waals surface area contributed by atoms with Crippen LogP contribution in [0.15, 0.2) is 46.6 Å². The van der Waals surface area contributed by atoms with Crippen LogP contribution in [0, 0.1) is 5.92 Å². The molecule has 10 heteroatoms. The van der Waals surface area contributed by atoms with E-state index >= 15 is 0 Å². The Morgan fingerprint density at radius 3 is 2.74 bits per heavy atom. The Kier molecular flexibility index (Phi) is 5.72. The van der Waals surface area contributed by atoms with Crippen LogP contribution in [0.5, 0.6) is 23.0 Å². The molecule has 0 aliphatic carbocycles. The van der Waals surface area contributed by atoms with Crippen LogP contribution in [0.25, 0.3) is 17.0 Å². The normalized spacial score (nSPS) is 17.2. The molecule has 3 heterocycles. The van der Waals surface area contributed by atoms with E-state index in [2.05, 4.69) is 15.5 Å². The number of methoxy groups -OCH3 is 1. The monoisotopic (exact) mass is 478 g/mol. The van der Waals surface area contributed by atoms with Crippen molar-refractivity contribution in [1.82, 2.24) is 20.4 Å². The van der Waals surface area contributed by atoms with Gasteiger partial charge in [-0.25, -0.2) is 4.79 Å². The molecule has 0 saturated heterocycles. The third-order valence-corrected chi connectivity index (χ3v) is 5.97. The molecule has 182 valence electrons. The third kappa shape index (κ3) is 4.11. The number of rotatable bonds is 6. The summed E-state index contributed by atoms with van der Waals surface area (Å²) in [6.45, 7) is 6.63. The number of carbonyl (C=O) groups excluding carboxylic acids is 1. The molecule has 0 saturated carbocycles. The van der Waals surface area contributed by atoms with E-state index in [9.17, 15) is 9.90 Å². The molecule has 1 atom stereocenters. The van der Waals surface area contributed by atoms with E-state index in [0.717, 1.165) is 0 Å². The molecule has 2 amide bonds. The van der Waals surface area contributed by atoms with E-state index in [4.69, 9.17) is 18.7 Å². The highest BCUT2D eigenvalue weighted by Gasteiger charge is 2.36. The number of aromatic nitrogens is 2. The lowest BCUT2D eigenvalue weighted by atomic mass is 9.94. The van der Waals surface area contributed by atoms with Crippen molar-refractivity contribution in [1.29, 1.82) is 0 Å². The number of hydrogen-bond donors (Lipinski definition) is 2. The zero-order chi connectivity index (χ0) is 24.7. The van der Waals surface area contributed by atoms with Gasteiger partial charge in [0.1, 0.15) is 0 Å². The second-order valence-corrected chi connectivity index (χ2v) is 8.81. The number of phenols is 1. The molecule has 10 nitrogen and oxygen atoms in total. The smallest absolute Gasteiger partial charge is 0.322 e. The Morgan fingerprint density at radius 1 is 1.20 bits per heavy atom. The van der Waals surface area contributed by atoms with E-state index in [-0.39, 0.29) is 30.4 Å². The summed E-state index contributed by atoms with van der Waals surface area (Å²) in [5.74, 6) is 2.46. The fourth-order valence-electron chi connectivity index (χ4n) is 4.27. The zero-order valence-electron chi connectivity index (χ0n) is 19.9. The molecule has 3 aromatic rings. The van der Waals surface area contributed by atoms with Gasteiger partial charge in [0.25, 0.3) is 5.89 Å². The molecule has 2 aliphatic rings. The van der Waals surface area contributed by atoms with Gasteiger partial charge in [-0.1, -0.05) is 25.1 Å². The Balaban J connectivity index is 1.59. The molecule has 0 spiro atoms. The largest absolute Gasteiger partial charge is 0.504 e. The van der Waals surface area contributed by atoms with E-state index in [0.29, 0.717) is 52.0 Å². The number of fused-ring (bicyclic) bond motifs is 1. The third-order valence-electron chi connectivity index (χ3n) is 5.97. The molecular weight excluding hydrogens is 452 g/mol. The molecular formula is C25H26N4O6. The average Bonchev–Trinajstić information content (AvgIpc) is 3.50. The number of allylic oxidation sites excluding steroid dienone is 1. The van der Waals surface area contributed by atoms with Crippen molar-refractivity contribution in [2.45, 2.75) is 26.8 Å². The second kappa shape index (κ2) is 8.86. The van der Waals surface area contributed by atoms with Crippen LogP contribution in [0.2, 0.25) is 0 Å². The topological polar surface area (TPSA) is 119 Å². The number of hydrogen-bond acceptors (Lipinski definition) is 8. The molecule has 35 heavy (non-hydrogen) atoms. The Bertz CT molecular complexity index is 1320. The van der Waals surface area contributed by atoms with Crippen LogP contribution >= 0.6 is 0 Å². The van der Waals surface area contributed by atoms with Crippen molar-refractivity contribution in [3.8, 4) is 34.4 Å². The standard InChI is InChI=1S/C25H26N4O6/c1-13(2)11-29-14(3)21(22(26-25(29)31)15-5-7-18(32-4)17(30)9-15)24-27-23(28-35-24)16-6-8-19-20(10-16)34-12-33-19/h5-10,13,22,30H,11-12H2,1-4H3,(H,26,31). The van der Waals surface area contributed by atoms with Crippen molar-refractivity contribution in [3.63, 3.8) is 0 Å². The van der Waals surface area contributed by atoms with Crippen molar-refractivity contribution >= 4 is 11.6 Å². The highest BCUT2D eigenvalue weighted by atomic mass is 16.7. The first kappa shape index (κ1) is 22.6. The van der Waals surface area contributed by atoms with Gasteiger partial charge in [-0.2, -0.15) is 4.98 Å². The van der Waals surface area contributed by atoms with E-state index in [1.165, 1.54) is 7.11 Å². The summed E-state index contributed by atoms with van der Waals surface area (Å²) in [6.07, 6.45) is 0. The van der Waals surface area contributed by atoms with Crippen LogP contribution in [0.3, 0.4) is 0 Å². The lowest BCUT2D eigenvalue weighted by Crippen LogP contribution is -2.47. The highest BCUT2D eigenvalue weighted by molar-refractivity contribution is 5.87. The number of nitrogens with one attached hydrogen (secondary N) is 1. The van der Waals surface area contributed by atoms with Gasteiger partial charge in [0.2, 0.25) is 12.6 Å². The second-order valence-electron chi connectivity index (χ2n) is 8.81. The zero-order valence-corrected chi connectivity index (χ0v) is 19.9. The maximum Gasteiger partial charge on any atom is 0.322 e. The predicted molar refractivity (Wildman–Crippen MR) is 126 cm³/mol. The minimum Gasteiger partial charge on any atom is -0.504 e. The van der Waals surface area contributed by atoms with Crippen molar-refractivity contribution in [2.75, 3.05) is 20.4 Å². The minimum atomic E-state index is -0.618. The number of nitrogens with zero attached hydrogens (tertiary/aromatic N) is 3. The van der Waals surface area contributed by atoms with Gasteiger partial charge in [-0.05, 0) is 48.7 Å². The Labute approximate surface area is 202 Å². The van der Waals surface area contributed by atoms with Crippen LogP contribution < -0.4 is 19.5 Å². The van der Waals surface area contributed by atoms with E-state index < -0.39 is 6.04 Å². The lowest BCUT2D eigenvalue weighted by molar-refractivity contribution is 0.174. The summed E-state index contributed by atoms with van der Waals surface area (Å²) in [6, 6.07) is 9.56. The summed E-state index contributed by atoms with van der Waals surface area (Å²) in [7, 11) is 1.48. The summed E-state index contributed by atoms with van der Waals surface area (Å²) in [5.41, 5.74) is 2.70. The first-order valence-corrected chi connectivity index (χ1v) is 11.3. The van der Waals surface area contributed by atoms with Gasteiger partial charge in [0, 0.05) is 17.8 Å². The molecule has 2 N–H and O–H groups in total. The molecule has 1 unspecified atom stereocenters. The number of carbonyl (C=O) groups is 1. The molecule has 5 rings (SSSR count). The SMILES string of the molecule is COc1ccc(C2NC(=O)N(CC(C)C)C(C)=C2c2nc(-c3ccc4c(c3)OCO4)no2)cc1O. The quantitative estimate of drug-likeness (QED) is 0.537. The fourth-order valence-corrected chi connectivity index (χ4v) is 4.27. The average molecular weight is 479 g/mol. The predicted octanol–water partition coefficient (Wildman–Crippen LogP) is 4.33. The lowest BCUT2D eigenvalue weighted by Gasteiger charge is -2.36. The highest BCUT2D eigenvalue weighted by Crippen LogP contribution is 2.40. The fraction of sp³-hybridized carbons (Fsp3) is 0.320. The van der Waals surface area contributed by atoms with Crippen LogP contribution in [-0.4, -0.2) is 46.6 Å². The molecule has 2 aliphatic heterocycles. The van der Waals surface area contributed by atoms with Crippen molar-refractivity contribution < 1.29 is 28.6 Å². The maximum atomic E-state index is 13.0. The molecule has 0 bridgehead atoms. The summed E-state index contributed by atoms with van der Waals surface area (Å²) < 4.78 is 21.7. The first-order valence-electron chi connectivity index (χ1n) is 11.3. The van der Waals surface area contributed by atoms with Gasteiger partial charge in [0.15, 0.2) is 23.0 Å². The summed E-state index contributed by atoms with van der Waals surface area (Å²) in [4.78, 5) is 19.4. The van der Waals surface area contributed by atoms with Crippen LogP contribution in [-0.2, 0) is 0 Å². The van der Waals surface area contributed by atoms with Gasteiger partial charge in [-0.3, -0.25) is 4.90 Å². The first-order chi connectivity index (χ1) is 16.9. The molecule has 2 aromatic carbocycles. The van der Waals surface area contributed by atoms with Crippen molar-refractivity contribution in [3.05, 3.63) is 53.5 Å². The van der Waals surface area contributed by atoms with Gasteiger partial charge >= 0.3 is 6.03 Å². The number of amides is 2.